The molecule has 0 atom stereocenters. The Morgan fingerprint density at radius 1 is 1.32 bits per heavy atom. The van der Waals surface area contributed by atoms with E-state index < -0.39 is 15.1 Å². The van der Waals surface area contributed by atoms with Crippen LogP contribution in [0.3, 0.4) is 0 Å². The van der Waals surface area contributed by atoms with E-state index in [0.29, 0.717) is 17.9 Å². The predicted molar refractivity (Wildman–Crippen MR) is 85.9 cm³/mol. The summed E-state index contributed by atoms with van der Waals surface area (Å²) in [5.74, 6) is 0.659. The van der Waals surface area contributed by atoms with Crippen LogP contribution in [0.25, 0.3) is 0 Å². The molecule has 122 valence electrons. The van der Waals surface area contributed by atoms with Gasteiger partial charge in [0, 0.05) is 13.1 Å². The highest BCUT2D eigenvalue weighted by atomic mass is 32.2. The van der Waals surface area contributed by atoms with Crippen LogP contribution >= 0.6 is 0 Å². The summed E-state index contributed by atoms with van der Waals surface area (Å²) < 4.78 is 29.7. The minimum atomic E-state index is -3.12. The third kappa shape index (κ3) is 3.61. The van der Waals surface area contributed by atoms with Crippen molar-refractivity contribution in [1.29, 1.82) is 0 Å². The van der Waals surface area contributed by atoms with Crippen molar-refractivity contribution in [3.63, 3.8) is 0 Å². The van der Waals surface area contributed by atoms with E-state index in [4.69, 9.17) is 4.74 Å². The average Bonchev–Trinajstić information content (AvgIpc) is 2.35. The van der Waals surface area contributed by atoms with Crippen LogP contribution in [0.5, 0.6) is 5.75 Å². The van der Waals surface area contributed by atoms with E-state index in [-0.39, 0.29) is 30.7 Å². The minimum Gasteiger partial charge on any atom is -0.493 e. The molecule has 2 rings (SSSR count). The van der Waals surface area contributed by atoms with E-state index in [2.05, 4.69) is 0 Å². The second-order valence-corrected chi connectivity index (χ2v) is 8.31. The fraction of sp³-hybridized carbons (Fsp3) is 0.562. The Morgan fingerprint density at radius 3 is 2.55 bits per heavy atom. The second-order valence-electron chi connectivity index (χ2n) is 5.98. The third-order valence-electron chi connectivity index (χ3n) is 3.63. The standard InChI is InChI=1S/C16H23NO4S/c1-4-21-15-8-6-5-7-14(15)16(18)17-9-13(10-17)22(19,20)11-12(2)3/h5-8,12-13H,4,9-11H2,1-3H3. The lowest BCUT2D eigenvalue weighted by molar-refractivity contribution is 0.0654. The number of rotatable bonds is 6. The zero-order valence-electron chi connectivity index (χ0n) is 13.3. The summed E-state index contributed by atoms with van der Waals surface area (Å²) in [6.07, 6.45) is 0. The molecule has 1 amide bonds. The molecule has 6 heteroatoms. The first-order chi connectivity index (χ1) is 10.3. The summed E-state index contributed by atoms with van der Waals surface area (Å²) >= 11 is 0. The Labute approximate surface area is 132 Å². The minimum absolute atomic E-state index is 0.105. The normalized spacial score (nSPS) is 15.7. The van der Waals surface area contributed by atoms with Gasteiger partial charge in [0.25, 0.3) is 5.91 Å². The molecule has 0 spiro atoms. The van der Waals surface area contributed by atoms with E-state index >= 15 is 0 Å². The molecule has 1 aromatic rings. The largest absolute Gasteiger partial charge is 0.493 e. The van der Waals surface area contributed by atoms with Gasteiger partial charge in [0.2, 0.25) is 0 Å². The Bertz CT molecular complexity index is 633. The van der Waals surface area contributed by atoms with Crippen LogP contribution in [0.4, 0.5) is 0 Å². The van der Waals surface area contributed by atoms with Crippen molar-refractivity contribution < 1.29 is 17.9 Å². The molecule has 0 aliphatic carbocycles. The molecule has 0 unspecified atom stereocenters. The molecular weight excluding hydrogens is 302 g/mol. The molecule has 0 bridgehead atoms. The topological polar surface area (TPSA) is 63.7 Å². The Hall–Kier alpha value is -1.56. The van der Waals surface area contributed by atoms with Gasteiger partial charge in [-0.1, -0.05) is 26.0 Å². The third-order valence-corrected chi connectivity index (χ3v) is 6.07. The van der Waals surface area contributed by atoms with Crippen LogP contribution in [0.15, 0.2) is 24.3 Å². The Morgan fingerprint density at radius 2 is 1.95 bits per heavy atom. The van der Waals surface area contributed by atoms with E-state index in [1.807, 2.05) is 26.8 Å². The number of likely N-dealkylation sites (tertiary alicyclic amines) is 1. The fourth-order valence-electron chi connectivity index (χ4n) is 2.53. The molecule has 22 heavy (non-hydrogen) atoms. The lowest BCUT2D eigenvalue weighted by Crippen LogP contribution is -2.57. The van der Waals surface area contributed by atoms with Gasteiger partial charge in [-0.25, -0.2) is 8.42 Å². The number of ether oxygens (including phenoxy) is 1. The first-order valence-electron chi connectivity index (χ1n) is 7.57. The maximum absolute atomic E-state index is 12.5. The van der Waals surface area contributed by atoms with Crippen molar-refractivity contribution >= 4 is 15.7 Å². The first-order valence-corrected chi connectivity index (χ1v) is 9.29. The number of carbonyl (C=O) groups excluding carboxylic acids is 1. The maximum Gasteiger partial charge on any atom is 0.257 e. The van der Waals surface area contributed by atoms with Crippen LogP contribution in [0.1, 0.15) is 31.1 Å². The molecule has 1 heterocycles. The van der Waals surface area contributed by atoms with Crippen molar-refractivity contribution in [3.05, 3.63) is 29.8 Å². The molecule has 0 aromatic heterocycles. The van der Waals surface area contributed by atoms with Gasteiger partial charge >= 0.3 is 0 Å². The van der Waals surface area contributed by atoms with Crippen LogP contribution in [-0.2, 0) is 9.84 Å². The van der Waals surface area contributed by atoms with Crippen LogP contribution < -0.4 is 4.74 Å². The summed E-state index contributed by atoms with van der Waals surface area (Å²) in [4.78, 5) is 14.0. The molecule has 1 fully saturated rings. The highest BCUT2D eigenvalue weighted by Crippen LogP contribution is 2.25. The lowest BCUT2D eigenvalue weighted by atomic mass is 10.1. The smallest absolute Gasteiger partial charge is 0.257 e. The molecule has 0 saturated carbocycles. The monoisotopic (exact) mass is 325 g/mol. The van der Waals surface area contributed by atoms with Gasteiger partial charge in [-0.3, -0.25) is 4.79 Å². The molecular formula is C16H23NO4S. The molecule has 0 N–H and O–H groups in total. The van der Waals surface area contributed by atoms with Gasteiger partial charge in [0.15, 0.2) is 9.84 Å². The van der Waals surface area contributed by atoms with Crippen molar-refractivity contribution in [3.8, 4) is 5.75 Å². The SMILES string of the molecule is CCOc1ccccc1C(=O)N1CC(S(=O)(=O)CC(C)C)C1. The number of para-hydroxylation sites is 1. The van der Waals surface area contributed by atoms with E-state index in [0.717, 1.165) is 0 Å². The number of sulfone groups is 1. The van der Waals surface area contributed by atoms with Gasteiger partial charge in [-0.2, -0.15) is 0 Å². The van der Waals surface area contributed by atoms with Gasteiger partial charge in [-0.05, 0) is 25.0 Å². The number of benzene rings is 1. The van der Waals surface area contributed by atoms with Crippen molar-refractivity contribution in [2.45, 2.75) is 26.0 Å². The second kappa shape index (κ2) is 6.69. The molecule has 5 nitrogen and oxygen atoms in total. The van der Waals surface area contributed by atoms with Crippen molar-refractivity contribution in [1.82, 2.24) is 4.90 Å². The number of amides is 1. The van der Waals surface area contributed by atoms with Crippen molar-refractivity contribution in [2.75, 3.05) is 25.4 Å². The van der Waals surface area contributed by atoms with Gasteiger partial charge in [-0.15, -0.1) is 0 Å². The highest BCUT2D eigenvalue weighted by Gasteiger charge is 2.40. The lowest BCUT2D eigenvalue weighted by Gasteiger charge is -2.39. The quantitative estimate of drug-likeness (QED) is 0.802. The fourth-order valence-corrected chi connectivity index (χ4v) is 4.54. The van der Waals surface area contributed by atoms with Crippen LogP contribution in [-0.4, -0.2) is 49.9 Å². The zero-order valence-corrected chi connectivity index (χ0v) is 14.1. The summed E-state index contributed by atoms with van der Waals surface area (Å²) in [5, 5.41) is -0.432. The average molecular weight is 325 g/mol. The Kier molecular flexibility index (Phi) is 5.11. The Balaban J connectivity index is 2.03. The summed E-state index contributed by atoms with van der Waals surface area (Å²) in [6, 6.07) is 7.06. The van der Waals surface area contributed by atoms with Crippen molar-refractivity contribution in [2.24, 2.45) is 5.92 Å². The first kappa shape index (κ1) is 16.8. The maximum atomic E-state index is 12.5. The number of carbonyl (C=O) groups is 1. The van der Waals surface area contributed by atoms with Crippen LogP contribution in [0, 0.1) is 5.92 Å². The van der Waals surface area contributed by atoms with Gasteiger partial charge < -0.3 is 9.64 Å². The summed E-state index contributed by atoms with van der Waals surface area (Å²) in [5.41, 5.74) is 0.490. The summed E-state index contributed by atoms with van der Waals surface area (Å²) in [6.45, 7) is 6.66. The summed E-state index contributed by atoms with van der Waals surface area (Å²) in [7, 11) is -3.12. The van der Waals surface area contributed by atoms with E-state index in [9.17, 15) is 13.2 Å². The van der Waals surface area contributed by atoms with Gasteiger partial charge in [0.05, 0.1) is 23.2 Å². The highest BCUT2D eigenvalue weighted by molar-refractivity contribution is 7.92. The molecule has 0 radical (unpaired) electrons. The van der Waals surface area contributed by atoms with E-state index in [1.165, 1.54) is 0 Å². The number of nitrogens with zero attached hydrogens (tertiary/aromatic N) is 1. The molecule has 1 aromatic carbocycles. The molecule has 1 saturated heterocycles. The predicted octanol–water partition coefficient (Wildman–Crippen LogP) is 1.98. The number of hydrogen-bond acceptors (Lipinski definition) is 4. The molecule has 1 aliphatic rings. The van der Waals surface area contributed by atoms with E-state index in [1.54, 1.807) is 23.1 Å². The molecule has 1 aliphatic heterocycles. The zero-order chi connectivity index (χ0) is 16.3. The number of hydrogen-bond donors (Lipinski definition) is 0. The van der Waals surface area contributed by atoms with Crippen LogP contribution in [0.2, 0.25) is 0 Å². The van der Waals surface area contributed by atoms with Gasteiger partial charge in [0.1, 0.15) is 5.75 Å².